The third kappa shape index (κ3) is 5.05. The molecule has 7 heteroatoms. The molecule has 2 aromatic rings. The van der Waals surface area contributed by atoms with Crippen LogP contribution in [0.5, 0.6) is 5.75 Å². The number of aryl methyl sites for hydroxylation is 1. The number of nitrogens with one attached hydrogen (secondary N) is 1. The summed E-state index contributed by atoms with van der Waals surface area (Å²) in [6.45, 7) is 0.862. The number of anilines is 1. The first-order chi connectivity index (χ1) is 11.5. The minimum absolute atomic E-state index is 0.200. The van der Waals surface area contributed by atoms with Gasteiger partial charge in [0.1, 0.15) is 17.4 Å². The fourth-order valence-electron chi connectivity index (χ4n) is 1.82. The molecule has 126 valence electrons. The average molecular weight is 335 g/mol. The first kappa shape index (κ1) is 17.4. The molecule has 1 amide bonds. The van der Waals surface area contributed by atoms with E-state index in [4.69, 9.17) is 9.47 Å². The Morgan fingerprint density at radius 2 is 1.83 bits per heavy atom. The lowest BCUT2D eigenvalue weighted by atomic mass is 10.2. The van der Waals surface area contributed by atoms with Crippen LogP contribution in [0.4, 0.5) is 14.5 Å². The molecule has 24 heavy (non-hydrogen) atoms. The first-order valence-electron chi connectivity index (χ1n) is 7.04. The number of esters is 1. The van der Waals surface area contributed by atoms with Crippen LogP contribution in [0, 0.1) is 18.6 Å². The zero-order chi connectivity index (χ0) is 17.5. The van der Waals surface area contributed by atoms with E-state index in [1.165, 1.54) is 0 Å². The van der Waals surface area contributed by atoms with Gasteiger partial charge in [-0.15, -0.1) is 0 Å². The number of amides is 1. The highest BCUT2D eigenvalue weighted by molar-refractivity contribution is 5.92. The molecule has 0 atom stereocenters. The third-order valence-corrected chi connectivity index (χ3v) is 3.01. The summed E-state index contributed by atoms with van der Waals surface area (Å²) in [6, 6.07) is 9.83. The van der Waals surface area contributed by atoms with E-state index in [1.54, 1.807) is 12.1 Å². The van der Waals surface area contributed by atoms with Crippen LogP contribution < -0.4 is 10.1 Å². The number of carbonyl (C=O) groups is 2. The molecule has 0 radical (unpaired) electrons. The van der Waals surface area contributed by atoms with Gasteiger partial charge in [-0.25, -0.2) is 13.6 Å². The second-order valence-electron chi connectivity index (χ2n) is 4.89. The summed E-state index contributed by atoms with van der Waals surface area (Å²) in [7, 11) is 0. The van der Waals surface area contributed by atoms with Gasteiger partial charge in [-0.2, -0.15) is 0 Å². The number of halogens is 2. The Kier molecular flexibility index (Phi) is 5.83. The maximum absolute atomic E-state index is 13.4. The van der Waals surface area contributed by atoms with Crippen molar-refractivity contribution in [3.05, 3.63) is 59.7 Å². The van der Waals surface area contributed by atoms with Gasteiger partial charge in [-0.05, 0) is 30.7 Å². The molecular weight excluding hydrogens is 320 g/mol. The molecule has 0 saturated carbocycles. The third-order valence-electron chi connectivity index (χ3n) is 3.01. The maximum atomic E-state index is 13.4. The molecule has 0 heterocycles. The van der Waals surface area contributed by atoms with Gasteiger partial charge in [-0.1, -0.05) is 18.2 Å². The van der Waals surface area contributed by atoms with Crippen LogP contribution in [-0.4, -0.2) is 25.1 Å². The predicted molar refractivity (Wildman–Crippen MR) is 82.6 cm³/mol. The number of rotatable bonds is 6. The monoisotopic (exact) mass is 335 g/mol. The Morgan fingerprint density at radius 3 is 2.54 bits per heavy atom. The Bertz CT molecular complexity index is 749. The Balaban J connectivity index is 1.77. The number of hydrogen-bond donors (Lipinski definition) is 1. The van der Waals surface area contributed by atoms with Crippen molar-refractivity contribution < 1.29 is 27.8 Å². The SMILES string of the molecule is Cc1ccccc1OCC(=O)OCC(=O)Nc1ccc(F)cc1F. The molecular formula is C17H15F2NO4. The maximum Gasteiger partial charge on any atom is 0.344 e. The van der Waals surface area contributed by atoms with E-state index in [-0.39, 0.29) is 12.3 Å². The lowest BCUT2D eigenvalue weighted by Crippen LogP contribution is -2.24. The zero-order valence-electron chi connectivity index (χ0n) is 12.8. The van der Waals surface area contributed by atoms with Crippen LogP contribution in [0.15, 0.2) is 42.5 Å². The Hall–Kier alpha value is -2.96. The van der Waals surface area contributed by atoms with Crippen molar-refractivity contribution in [2.75, 3.05) is 18.5 Å². The van der Waals surface area contributed by atoms with Crippen molar-refractivity contribution in [3.63, 3.8) is 0 Å². The topological polar surface area (TPSA) is 64.6 Å². The summed E-state index contributed by atoms with van der Waals surface area (Å²) in [5.74, 6) is -2.63. The summed E-state index contributed by atoms with van der Waals surface area (Å²) in [6.07, 6.45) is 0. The molecule has 0 aromatic heterocycles. The number of hydrogen-bond acceptors (Lipinski definition) is 4. The minimum atomic E-state index is -0.919. The number of benzene rings is 2. The van der Waals surface area contributed by atoms with Gasteiger partial charge in [0.2, 0.25) is 0 Å². The standard InChI is InChI=1S/C17H15F2NO4/c1-11-4-2-3-5-15(11)23-10-17(22)24-9-16(21)20-14-7-6-12(18)8-13(14)19/h2-8H,9-10H2,1H3,(H,20,21). The summed E-state index contributed by atoms with van der Waals surface area (Å²) >= 11 is 0. The highest BCUT2D eigenvalue weighted by Gasteiger charge is 2.11. The van der Waals surface area contributed by atoms with E-state index in [9.17, 15) is 18.4 Å². The van der Waals surface area contributed by atoms with Crippen LogP contribution in [0.2, 0.25) is 0 Å². The molecule has 0 bridgehead atoms. The molecule has 2 aromatic carbocycles. The largest absolute Gasteiger partial charge is 0.482 e. The average Bonchev–Trinajstić information content (AvgIpc) is 2.55. The second-order valence-corrected chi connectivity index (χ2v) is 4.89. The van der Waals surface area contributed by atoms with Crippen molar-refractivity contribution in [1.29, 1.82) is 0 Å². The van der Waals surface area contributed by atoms with E-state index in [1.807, 2.05) is 19.1 Å². The highest BCUT2D eigenvalue weighted by Crippen LogP contribution is 2.16. The van der Waals surface area contributed by atoms with Crippen molar-refractivity contribution in [3.8, 4) is 5.75 Å². The summed E-state index contributed by atoms with van der Waals surface area (Å²) in [5.41, 5.74) is 0.656. The van der Waals surface area contributed by atoms with E-state index in [0.29, 0.717) is 11.8 Å². The molecule has 0 spiro atoms. The van der Waals surface area contributed by atoms with Gasteiger partial charge < -0.3 is 14.8 Å². The summed E-state index contributed by atoms with van der Waals surface area (Å²) in [5, 5.41) is 2.18. The van der Waals surface area contributed by atoms with Gasteiger partial charge in [0, 0.05) is 6.07 Å². The van der Waals surface area contributed by atoms with Crippen LogP contribution in [0.25, 0.3) is 0 Å². The van der Waals surface area contributed by atoms with Crippen molar-refractivity contribution in [1.82, 2.24) is 0 Å². The number of carbonyl (C=O) groups excluding carboxylic acids is 2. The molecule has 0 saturated heterocycles. The quantitative estimate of drug-likeness (QED) is 0.825. The lowest BCUT2D eigenvalue weighted by molar-refractivity contribution is -0.149. The highest BCUT2D eigenvalue weighted by atomic mass is 19.1. The molecule has 1 N–H and O–H groups in total. The minimum Gasteiger partial charge on any atom is -0.482 e. The Labute approximate surface area is 137 Å². The van der Waals surface area contributed by atoms with Crippen molar-refractivity contribution in [2.45, 2.75) is 6.92 Å². The van der Waals surface area contributed by atoms with Crippen molar-refractivity contribution in [2.24, 2.45) is 0 Å². The van der Waals surface area contributed by atoms with Crippen molar-refractivity contribution >= 4 is 17.6 Å². The van der Waals surface area contributed by atoms with Crippen LogP contribution in [0.3, 0.4) is 0 Å². The van der Waals surface area contributed by atoms with Crippen LogP contribution in [-0.2, 0) is 14.3 Å². The van der Waals surface area contributed by atoms with Gasteiger partial charge >= 0.3 is 5.97 Å². The smallest absolute Gasteiger partial charge is 0.344 e. The summed E-state index contributed by atoms with van der Waals surface area (Å²) in [4.78, 5) is 23.1. The number of ether oxygens (including phenoxy) is 2. The number of para-hydroxylation sites is 1. The van der Waals surface area contributed by atoms with E-state index in [0.717, 1.165) is 17.7 Å². The summed E-state index contributed by atoms with van der Waals surface area (Å²) < 4.78 is 36.1. The molecule has 2 rings (SSSR count). The second kappa shape index (κ2) is 8.05. The predicted octanol–water partition coefficient (Wildman–Crippen LogP) is 2.83. The normalized spacial score (nSPS) is 10.1. The van der Waals surface area contributed by atoms with Crippen LogP contribution in [0.1, 0.15) is 5.56 Å². The van der Waals surface area contributed by atoms with Crippen LogP contribution >= 0.6 is 0 Å². The fourth-order valence-corrected chi connectivity index (χ4v) is 1.82. The van der Waals surface area contributed by atoms with Gasteiger partial charge in [0.05, 0.1) is 5.69 Å². The van der Waals surface area contributed by atoms with E-state index >= 15 is 0 Å². The molecule has 0 aliphatic heterocycles. The Morgan fingerprint density at radius 1 is 1.08 bits per heavy atom. The van der Waals surface area contributed by atoms with Gasteiger partial charge in [0.25, 0.3) is 5.91 Å². The zero-order valence-corrected chi connectivity index (χ0v) is 12.8. The fraction of sp³-hybridized carbons (Fsp3) is 0.176. The first-order valence-corrected chi connectivity index (χ1v) is 7.04. The molecule has 0 fully saturated rings. The molecule has 5 nitrogen and oxygen atoms in total. The lowest BCUT2D eigenvalue weighted by Gasteiger charge is -2.09. The van der Waals surface area contributed by atoms with E-state index < -0.39 is 30.1 Å². The molecule has 0 aliphatic carbocycles. The van der Waals surface area contributed by atoms with Gasteiger partial charge in [-0.3, -0.25) is 4.79 Å². The van der Waals surface area contributed by atoms with Gasteiger partial charge in [0.15, 0.2) is 13.2 Å². The van der Waals surface area contributed by atoms with E-state index in [2.05, 4.69) is 5.32 Å². The molecule has 0 unspecified atom stereocenters. The molecule has 0 aliphatic rings.